The molecule has 0 aromatic heterocycles. The molecule has 0 spiro atoms. The second-order valence-electron chi connectivity index (χ2n) is 6.67. The molecule has 2 heterocycles. The summed E-state index contributed by atoms with van der Waals surface area (Å²) in [5, 5.41) is 0. The van der Waals surface area contributed by atoms with Crippen molar-refractivity contribution in [1.82, 2.24) is 9.21 Å². The monoisotopic (exact) mass is 338 g/mol. The zero-order valence-corrected chi connectivity index (χ0v) is 14.8. The maximum Gasteiger partial charge on any atom is 0.211 e. The number of hydrogen-bond acceptors (Lipinski definition) is 4. The van der Waals surface area contributed by atoms with Gasteiger partial charge in [0.05, 0.1) is 12.9 Å². The number of likely N-dealkylation sites (N-methyl/N-ethyl adjacent to an activating group) is 1. The lowest BCUT2D eigenvalue weighted by molar-refractivity contribution is 0.161. The van der Waals surface area contributed by atoms with Crippen LogP contribution < -0.4 is 4.74 Å². The van der Waals surface area contributed by atoms with E-state index in [2.05, 4.69) is 23.1 Å². The van der Waals surface area contributed by atoms with Crippen molar-refractivity contribution < 1.29 is 13.2 Å². The molecular weight excluding hydrogens is 312 g/mol. The SMILES string of the molecule is CN(C1CCCN(CCc2ccc3c(c2)CCO3)C1)S(C)(=O)=O. The first-order chi connectivity index (χ1) is 10.9. The van der Waals surface area contributed by atoms with E-state index in [9.17, 15) is 8.42 Å². The molecule has 0 N–H and O–H groups in total. The summed E-state index contributed by atoms with van der Waals surface area (Å²) < 4.78 is 30.5. The Labute approximate surface area is 139 Å². The molecule has 1 unspecified atom stereocenters. The third-order valence-electron chi connectivity index (χ3n) is 4.99. The molecule has 1 aromatic rings. The van der Waals surface area contributed by atoms with Gasteiger partial charge < -0.3 is 9.64 Å². The van der Waals surface area contributed by atoms with Crippen molar-refractivity contribution in [3.05, 3.63) is 29.3 Å². The quantitative estimate of drug-likeness (QED) is 0.817. The Morgan fingerprint density at radius 3 is 3.00 bits per heavy atom. The van der Waals surface area contributed by atoms with Crippen molar-refractivity contribution in [2.24, 2.45) is 0 Å². The largest absolute Gasteiger partial charge is 0.493 e. The number of fused-ring (bicyclic) bond motifs is 1. The minimum absolute atomic E-state index is 0.104. The van der Waals surface area contributed by atoms with Gasteiger partial charge in [0.2, 0.25) is 10.0 Å². The van der Waals surface area contributed by atoms with Crippen LogP contribution in [0.25, 0.3) is 0 Å². The Kier molecular flexibility index (Phi) is 4.94. The Balaban J connectivity index is 1.56. The Hall–Kier alpha value is -1.11. The van der Waals surface area contributed by atoms with Crippen molar-refractivity contribution in [2.45, 2.75) is 31.7 Å². The van der Waals surface area contributed by atoms with Crippen LogP contribution in [-0.2, 0) is 22.9 Å². The van der Waals surface area contributed by atoms with Crippen LogP contribution in [0.5, 0.6) is 5.75 Å². The van der Waals surface area contributed by atoms with E-state index in [-0.39, 0.29) is 6.04 Å². The summed E-state index contributed by atoms with van der Waals surface area (Å²) >= 11 is 0. The number of sulfonamides is 1. The average molecular weight is 338 g/mol. The summed E-state index contributed by atoms with van der Waals surface area (Å²) in [6.07, 6.45) is 5.31. The van der Waals surface area contributed by atoms with Crippen molar-refractivity contribution >= 4 is 10.0 Å². The predicted molar refractivity (Wildman–Crippen MR) is 91.4 cm³/mol. The molecule has 0 aliphatic carbocycles. The van der Waals surface area contributed by atoms with Gasteiger partial charge in [0.1, 0.15) is 5.75 Å². The van der Waals surface area contributed by atoms with Crippen molar-refractivity contribution in [3.8, 4) is 5.75 Å². The highest BCUT2D eigenvalue weighted by Gasteiger charge is 2.27. The average Bonchev–Trinajstić information content (AvgIpc) is 2.99. The molecule has 0 radical (unpaired) electrons. The van der Waals surface area contributed by atoms with Crippen LogP contribution in [0, 0.1) is 0 Å². The summed E-state index contributed by atoms with van der Waals surface area (Å²) in [5.41, 5.74) is 2.66. The fourth-order valence-electron chi connectivity index (χ4n) is 3.48. The molecule has 1 saturated heterocycles. The highest BCUT2D eigenvalue weighted by molar-refractivity contribution is 7.88. The molecule has 1 atom stereocenters. The molecule has 128 valence electrons. The van der Waals surface area contributed by atoms with Crippen molar-refractivity contribution in [1.29, 1.82) is 0 Å². The summed E-state index contributed by atoms with van der Waals surface area (Å²) in [4.78, 5) is 2.39. The zero-order valence-electron chi connectivity index (χ0n) is 14.0. The van der Waals surface area contributed by atoms with Crippen LogP contribution in [0.15, 0.2) is 18.2 Å². The first-order valence-electron chi connectivity index (χ1n) is 8.33. The molecule has 0 saturated carbocycles. The van der Waals surface area contributed by atoms with Gasteiger partial charge in [-0.25, -0.2) is 12.7 Å². The lowest BCUT2D eigenvalue weighted by Crippen LogP contribution is -2.48. The second-order valence-corrected chi connectivity index (χ2v) is 8.71. The molecule has 0 bridgehead atoms. The van der Waals surface area contributed by atoms with Gasteiger partial charge in [0.15, 0.2) is 0 Å². The van der Waals surface area contributed by atoms with E-state index in [4.69, 9.17) is 4.74 Å². The Bertz CT molecular complexity index is 660. The predicted octanol–water partition coefficient (Wildman–Crippen LogP) is 1.52. The second kappa shape index (κ2) is 6.79. The van der Waals surface area contributed by atoms with Crippen molar-refractivity contribution in [3.63, 3.8) is 0 Å². The maximum atomic E-state index is 11.7. The van der Waals surface area contributed by atoms with Gasteiger partial charge in [0.25, 0.3) is 0 Å². The van der Waals surface area contributed by atoms with E-state index in [0.29, 0.717) is 0 Å². The number of piperidine rings is 1. The lowest BCUT2D eigenvalue weighted by atomic mass is 10.0. The van der Waals surface area contributed by atoms with Crippen LogP contribution in [0.3, 0.4) is 0 Å². The molecule has 5 nitrogen and oxygen atoms in total. The molecule has 2 aliphatic rings. The molecule has 0 amide bonds. The number of ether oxygens (including phenoxy) is 1. The molecule has 6 heteroatoms. The first kappa shape index (κ1) is 16.7. The third kappa shape index (κ3) is 4.05. The van der Waals surface area contributed by atoms with Crippen LogP contribution in [0.4, 0.5) is 0 Å². The van der Waals surface area contributed by atoms with Crippen LogP contribution in [0.2, 0.25) is 0 Å². The van der Waals surface area contributed by atoms with Gasteiger partial charge in [-0.1, -0.05) is 12.1 Å². The van der Waals surface area contributed by atoms with Gasteiger partial charge >= 0.3 is 0 Å². The molecule has 1 aromatic carbocycles. The van der Waals surface area contributed by atoms with E-state index < -0.39 is 10.0 Å². The molecule has 2 aliphatic heterocycles. The van der Waals surface area contributed by atoms with E-state index in [0.717, 1.165) is 57.7 Å². The van der Waals surface area contributed by atoms with Crippen molar-refractivity contribution in [2.75, 3.05) is 39.5 Å². The van der Waals surface area contributed by atoms with E-state index in [1.54, 1.807) is 7.05 Å². The van der Waals surface area contributed by atoms with Gasteiger partial charge in [-0.05, 0) is 43.0 Å². The topological polar surface area (TPSA) is 49.9 Å². The molecular formula is C17H26N2O3S. The highest BCUT2D eigenvalue weighted by atomic mass is 32.2. The van der Waals surface area contributed by atoms with Gasteiger partial charge in [-0.3, -0.25) is 0 Å². The lowest BCUT2D eigenvalue weighted by Gasteiger charge is -2.36. The fraction of sp³-hybridized carbons (Fsp3) is 0.647. The number of likely N-dealkylation sites (tertiary alicyclic amines) is 1. The number of rotatable bonds is 5. The maximum absolute atomic E-state index is 11.7. The van der Waals surface area contributed by atoms with Gasteiger partial charge in [-0.2, -0.15) is 0 Å². The minimum atomic E-state index is -3.11. The van der Waals surface area contributed by atoms with Crippen LogP contribution >= 0.6 is 0 Å². The van der Waals surface area contributed by atoms with E-state index in [1.165, 1.54) is 21.7 Å². The first-order valence-corrected chi connectivity index (χ1v) is 10.2. The third-order valence-corrected chi connectivity index (χ3v) is 6.33. The van der Waals surface area contributed by atoms with Gasteiger partial charge in [-0.15, -0.1) is 0 Å². The van der Waals surface area contributed by atoms with Crippen LogP contribution in [-0.4, -0.2) is 63.2 Å². The normalized spacial score (nSPS) is 22.1. The molecule has 1 fully saturated rings. The fourth-order valence-corrected chi connectivity index (χ4v) is 4.20. The Morgan fingerprint density at radius 1 is 1.39 bits per heavy atom. The van der Waals surface area contributed by atoms with E-state index in [1.807, 2.05) is 0 Å². The summed E-state index contributed by atoms with van der Waals surface area (Å²) in [7, 11) is -1.41. The molecule has 3 rings (SSSR count). The smallest absolute Gasteiger partial charge is 0.211 e. The number of hydrogen-bond donors (Lipinski definition) is 0. The number of benzene rings is 1. The standard InChI is InChI=1S/C17H26N2O3S/c1-18(23(2,20)21)16-4-3-9-19(13-16)10-7-14-5-6-17-15(12-14)8-11-22-17/h5-6,12,16H,3-4,7-11,13H2,1-2H3. The Morgan fingerprint density at radius 2 is 2.22 bits per heavy atom. The van der Waals surface area contributed by atoms with Gasteiger partial charge in [0, 0.05) is 32.6 Å². The summed E-state index contributed by atoms with van der Waals surface area (Å²) in [6.45, 7) is 3.66. The number of nitrogens with zero attached hydrogens (tertiary/aromatic N) is 2. The summed E-state index contributed by atoms with van der Waals surface area (Å²) in [5.74, 6) is 1.03. The molecule has 23 heavy (non-hydrogen) atoms. The zero-order chi connectivity index (χ0) is 16.4. The summed E-state index contributed by atoms with van der Waals surface area (Å²) in [6, 6.07) is 6.58. The highest BCUT2D eigenvalue weighted by Crippen LogP contribution is 2.26. The van der Waals surface area contributed by atoms with Crippen LogP contribution in [0.1, 0.15) is 24.0 Å². The minimum Gasteiger partial charge on any atom is -0.493 e. The van der Waals surface area contributed by atoms with E-state index >= 15 is 0 Å².